The van der Waals surface area contributed by atoms with E-state index in [1.54, 1.807) is 17.0 Å². The third kappa shape index (κ3) is 4.99. The Kier molecular flexibility index (Phi) is 6.32. The first-order chi connectivity index (χ1) is 17.6. The molecule has 0 spiro atoms. The summed E-state index contributed by atoms with van der Waals surface area (Å²) in [5.41, 5.74) is 1.94. The molecule has 3 aromatic rings. The number of piperidine rings is 1. The molecule has 3 aliphatic rings. The molecule has 8 nitrogen and oxygen atoms in total. The lowest BCUT2D eigenvalue weighted by atomic mass is 9.78. The number of alkyl halides is 3. The van der Waals surface area contributed by atoms with E-state index in [0.29, 0.717) is 47.0 Å². The number of nitrogens with zero attached hydrogens (tertiary/aromatic N) is 3. The minimum absolute atomic E-state index is 0.0391. The lowest BCUT2D eigenvalue weighted by Crippen LogP contribution is -2.54. The normalized spacial score (nSPS) is 18.5. The van der Waals surface area contributed by atoms with Gasteiger partial charge >= 0.3 is 6.36 Å². The molecule has 37 heavy (non-hydrogen) atoms. The molecule has 2 bridgehead atoms. The largest absolute Gasteiger partial charge is 0.573 e. The zero-order valence-corrected chi connectivity index (χ0v) is 20.1. The van der Waals surface area contributed by atoms with Crippen LogP contribution in [0.15, 0.2) is 61.0 Å². The summed E-state index contributed by atoms with van der Waals surface area (Å²) in [6.07, 6.45) is -0.324. The van der Waals surface area contributed by atoms with Crippen molar-refractivity contribution >= 4 is 39.9 Å². The van der Waals surface area contributed by atoms with Crippen LogP contribution in [-0.2, 0) is 4.79 Å². The van der Waals surface area contributed by atoms with Crippen LogP contribution in [0.1, 0.15) is 0 Å². The van der Waals surface area contributed by atoms with Gasteiger partial charge in [0.15, 0.2) is 11.5 Å². The molecule has 0 saturated carbocycles. The Morgan fingerprint density at radius 3 is 2.68 bits per heavy atom. The van der Waals surface area contributed by atoms with E-state index in [4.69, 9.17) is 21.1 Å². The van der Waals surface area contributed by atoms with E-state index in [0.717, 1.165) is 11.6 Å². The van der Waals surface area contributed by atoms with E-state index in [1.165, 1.54) is 31.6 Å². The van der Waals surface area contributed by atoms with Gasteiger partial charge in [0.25, 0.3) is 0 Å². The number of carbonyl (C=O) groups is 1. The Labute approximate surface area is 214 Å². The molecule has 1 aromatic heterocycles. The van der Waals surface area contributed by atoms with E-state index < -0.39 is 12.1 Å². The Morgan fingerprint density at radius 2 is 2.03 bits per heavy atom. The van der Waals surface area contributed by atoms with Crippen molar-refractivity contribution in [3.05, 3.63) is 66.0 Å². The number of nitrogens with one attached hydrogen (secondary N) is 1. The first-order valence-corrected chi connectivity index (χ1v) is 11.5. The van der Waals surface area contributed by atoms with Gasteiger partial charge in [0.05, 0.1) is 17.6 Å². The second kappa shape index (κ2) is 9.47. The topological polar surface area (TPSA) is 85.8 Å². The second-order valence-corrected chi connectivity index (χ2v) is 8.83. The average molecular weight is 533 g/mol. The molecule has 3 heterocycles. The van der Waals surface area contributed by atoms with Crippen LogP contribution in [0.3, 0.4) is 0 Å². The number of hydrogen-bond acceptors (Lipinski definition) is 7. The first kappa shape index (κ1) is 24.7. The quantitative estimate of drug-likeness (QED) is 0.328. The molecule has 1 amide bonds. The number of amides is 1. The van der Waals surface area contributed by atoms with Crippen molar-refractivity contribution in [2.75, 3.05) is 25.5 Å². The average Bonchev–Trinajstić information content (AvgIpc) is 2.87. The van der Waals surface area contributed by atoms with Gasteiger partial charge < -0.3 is 24.4 Å². The highest BCUT2D eigenvalue weighted by atomic mass is 35.5. The predicted octanol–water partition coefficient (Wildman–Crippen LogP) is 5.27. The Bertz CT molecular complexity index is 1430. The van der Waals surface area contributed by atoms with Crippen LogP contribution in [-0.4, -0.2) is 53.4 Å². The van der Waals surface area contributed by atoms with Crippen molar-refractivity contribution in [1.82, 2.24) is 14.9 Å². The highest BCUT2D eigenvalue weighted by molar-refractivity contribution is 6.32. The molecule has 0 unspecified atom stereocenters. The Hall–Kier alpha value is -3.99. The molecule has 1 N–H and O–H groups in total. The third-order valence-corrected chi connectivity index (χ3v) is 6.36. The summed E-state index contributed by atoms with van der Waals surface area (Å²) < 4.78 is 53.4. The number of halogens is 4. The molecule has 0 radical (unpaired) electrons. The van der Waals surface area contributed by atoms with E-state index in [9.17, 15) is 18.0 Å². The smallest absolute Gasteiger partial charge is 0.493 e. The van der Waals surface area contributed by atoms with E-state index in [-0.39, 0.29) is 23.0 Å². The van der Waals surface area contributed by atoms with Gasteiger partial charge in [-0.3, -0.25) is 4.79 Å². The van der Waals surface area contributed by atoms with Crippen molar-refractivity contribution in [3.63, 3.8) is 0 Å². The molecule has 192 valence electrons. The number of carbonyl (C=O) groups excluding carboxylic acids is 1. The minimum atomic E-state index is -4.86. The second-order valence-electron chi connectivity index (χ2n) is 8.43. The zero-order valence-electron chi connectivity index (χ0n) is 19.4. The van der Waals surface area contributed by atoms with Gasteiger partial charge in [-0.15, -0.1) is 13.2 Å². The summed E-state index contributed by atoms with van der Waals surface area (Å²) in [6.45, 7) is 4.53. The fourth-order valence-electron chi connectivity index (χ4n) is 4.38. The predicted molar refractivity (Wildman–Crippen MR) is 130 cm³/mol. The van der Waals surface area contributed by atoms with Crippen LogP contribution in [0.2, 0.25) is 5.02 Å². The molecular formula is C25H20ClF3N4O4. The van der Waals surface area contributed by atoms with Crippen molar-refractivity contribution < 1.29 is 32.2 Å². The molecular weight excluding hydrogens is 513 g/mol. The Morgan fingerprint density at radius 1 is 1.22 bits per heavy atom. The summed E-state index contributed by atoms with van der Waals surface area (Å²) >= 11 is 5.98. The zero-order chi connectivity index (χ0) is 26.3. The van der Waals surface area contributed by atoms with Crippen LogP contribution >= 0.6 is 11.6 Å². The molecule has 1 saturated heterocycles. The van der Waals surface area contributed by atoms with Crippen molar-refractivity contribution in [2.45, 2.75) is 12.5 Å². The number of fused-ring (bicyclic) bond motifs is 3. The lowest BCUT2D eigenvalue weighted by Gasteiger charge is -2.45. The maximum absolute atomic E-state index is 12.5. The number of rotatable bonds is 7. The monoisotopic (exact) mass is 532 g/mol. The summed E-state index contributed by atoms with van der Waals surface area (Å²) in [6, 6.07) is 7.25. The van der Waals surface area contributed by atoms with Crippen LogP contribution in [0.4, 0.5) is 24.7 Å². The van der Waals surface area contributed by atoms with E-state index in [2.05, 4.69) is 32.7 Å². The van der Waals surface area contributed by atoms with Crippen LogP contribution in [0, 0.1) is 5.92 Å². The number of benzene rings is 2. The third-order valence-electron chi connectivity index (χ3n) is 6.07. The molecule has 1 fully saturated rings. The molecule has 2 aliphatic heterocycles. The molecule has 1 aliphatic carbocycles. The van der Waals surface area contributed by atoms with Gasteiger partial charge in [-0.05, 0) is 35.9 Å². The van der Waals surface area contributed by atoms with E-state index in [1.807, 2.05) is 0 Å². The van der Waals surface area contributed by atoms with Gasteiger partial charge in [0.2, 0.25) is 5.91 Å². The van der Waals surface area contributed by atoms with Crippen LogP contribution in [0.25, 0.3) is 10.9 Å². The number of hydrogen-bond donors (Lipinski definition) is 1. The molecule has 2 atom stereocenters. The lowest BCUT2D eigenvalue weighted by molar-refractivity contribution is -0.274. The van der Waals surface area contributed by atoms with E-state index >= 15 is 0 Å². The first-order valence-electron chi connectivity index (χ1n) is 11.1. The van der Waals surface area contributed by atoms with Crippen molar-refractivity contribution in [2.24, 2.45) is 5.92 Å². The van der Waals surface area contributed by atoms with Crippen molar-refractivity contribution in [3.8, 4) is 17.2 Å². The maximum Gasteiger partial charge on any atom is 0.573 e. The van der Waals surface area contributed by atoms with Gasteiger partial charge in [0, 0.05) is 36.1 Å². The number of aromatic nitrogens is 2. The van der Waals surface area contributed by atoms with Crippen molar-refractivity contribution in [1.29, 1.82) is 0 Å². The molecule has 6 rings (SSSR count). The summed E-state index contributed by atoms with van der Waals surface area (Å²) in [5.74, 6) is 0.720. The molecule has 12 heteroatoms. The SMILES string of the molecule is C=CC(=O)N1CC2=C[C@H](C1)[C@@H]2Oc1cc2c(Nc3ccc(OC(F)(F)F)c(Cl)c3)ncnc2cc1OC. The summed E-state index contributed by atoms with van der Waals surface area (Å²) in [4.78, 5) is 22.3. The number of ether oxygens (including phenoxy) is 3. The highest BCUT2D eigenvalue weighted by Crippen LogP contribution is 2.41. The minimum Gasteiger partial charge on any atom is -0.493 e. The van der Waals surface area contributed by atoms with Gasteiger partial charge in [-0.2, -0.15) is 0 Å². The molecule has 2 aromatic carbocycles. The van der Waals surface area contributed by atoms with Crippen LogP contribution < -0.4 is 19.5 Å². The fourth-order valence-corrected chi connectivity index (χ4v) is 4.60. The van der Waals surface area contributed by atoms with Gasteiger partial charge in [-0.25, -0.2) is 9.97 Å². The maximum atomic E-state index is 12.5. The van der Waals surface area contributed by atoms with Gasteiger partial charge in [0.1, 0.15) is 24.0 Å². The van der Waals surface area contributed by atoms with Gasteiger partial charge in [-0.1, -0.05) is 24.3 Å². The number of methoxy groups -OCH3 is 1. The standard InChI is InChI=1S/C25H20ClF3N4O4/c1-3-22(34)33-10-13-6-14(11-33)23(13)36-21-8-16-18(9-20(21)35-2)30-12-31-24(16)32-15-4-5-19(17(26)7-15)37-25(27,28)29/h3-9,12-13,23H,1,10-11H2,2H3,(H,30,31,32)/t13-,23+/m1/s1. The number of anilines is 2. The summed E-state index contributed by atoms with van der Waals surface area (Å²) in [5, 5.41) is 3.42. The van der Waals surface area contributed by atoms with Crippen LogP contribution in [0.5, 0.6) is 17.2 Å². The summed E-state index contributed by atoms with van der Waals surface area (Å²) in [7, 11) is 1.52. The fraction of sp³-hybridized carbons (Fsp3) is 0.240. The Balaban J connectivity index is 1.40. The highest BCUT2D eigenvalue weighted by Gasteiger charge is 2.42.